The van der Waals surface area contributed by atoms with Crippen LogP contribution in [0.15, 0.2) is 30.3 Å². The van der Waals surface area contributed by atoms with Gasteiger partial charge >= 0.3 is 6.01 Å². The van der Waals surface area contributed by atoms with Crippen LogP contribution < -0.4 is 9.47 Å². The Morgan fingerprint density at radius 2 is 1.88 bits per heavy atom. The van der Waals surface area contributed by atoms with Gasteiger partial charge in [0.1, 0.15) is 10.8 Å². The number of benzene rings is 1. The third kappa shape index (κ3) is 1.67. The van der Waals surface area contributed by atoms with Gasteiger partial charge in [0.2, 0.25) is 0 Å². The Hall–Kier alpha value is -2.17. The van der Waals surface area contributed by atoms with E-state index in [-0.39, 0.29) is 6.01 Å². The monoisotopic (exact) mass is 217 g/mol. The van der Waals surface area contributed by atoms with Crippen LogP contribution in [0.4, 0.5) is 0 Å². The van der Waals surface area contributed by atoms with E-state index in [0.717, 1.165) is 5.56 Å². The van der Waals surface area contributed by atoms with Gasteiger partial charge in [-0.3, -0.25) is 0 Å². The van der Waals surface area contributed by atoms with E-state index in [9.17, 15) is 5.21 Å². The second-order valence-corrected chi connectivity index (χ2v) is 3.28. The van der Waals surface area contributed by atoms with Gasteiger partial charge in [0, 0.05) is 12.5 Å². The zero-order chi connectivity index (χ0) is 11.5. The summed E-state index contributed by atoms with van der Waals surface area (Å²) in [7, 11) is 1.39. The van der Waals surface area contributed by atoms with Crippen molar-refractivity contribution in [3.05, 3.63) is 41.2 Å². The van der Waals surface area contributed by atoms with Crippen molar-refractivity contribution in [1.82, 2.24) is 10.2 Å². The molecule has 0 fully saturated rings. The molecule has 1 heterocycles. The average molecular weight is 217 g/mol. The number of nitrogens with zero attached hydrogens (tertiary/aromatic N) is 3. The normalized spacial score (nSPS) is 10.1. The molecule has 1 aromatic carbocycles. The van der Waals surface area contributed by atoms with Crippen molar-refractivity contribution in [2.45, 2.75) is 6.92 Å². The molecule has 0 N–H and O–H groups in total. The highest BCUT2D eigenvalue weighted by molar-refractivity contribution is 5.59. The van der Waals surface area contributed by atoms with Crippen LogP contribution in [0.1, 0.15) is 5.69 Å². The highest BCUT2D eigenvalue weighted by atomic mass is 16.6. The molecule has 0 amide bonds. The third-order valence-corrected chi connectivity index (χ3v) is 2.29. The number of hydrogen-bond acceptors (Lipinski definition) is 4. The minimum Gasteiger partial charge on any atom is -0.708 e. The lowest BCUT2D eigenvalue weighted by molar-refractivity contribution is -0.622. The van der Waals surface area contributed by atoms with Crippen LogP contribution in [0.5, 0.6) is 6.01 Å². The standard InChI is InChI=1S/C11H11N3O2/c1-8-10(9-6-4-3-5-7-9)12-13-11(16-2)14(8)15/h3-7H,1-2H3. The second-order valence-electron chi connectivity index (χ2n) is 3.28. The molecule has 0 radical (unpaired) electrons. The van der Waals surface area contributed by atoms with Crippen molar-refractivity contribution in [3.63, 3.8) is 0 Å². The molecule has 0 aliphatic heterocycles. The molecule has 0 bridgehead atoms. The van der Waals surface area contributed by atoms with E-state index >= 15 is 0 Å². The molecular formula is C11H11N3O2. The molecule has 1 aromatic heterocycles. The van der Waals surface area contributed by atoms with Crippen molar-refractivity contribution < 1.29 is 9.47 Å². The predicted molar refractivity (Wildman–Crippen MR) is 57.7 cm³/mol. The molecule has 0 saturated carbocycles. The maximum atomic E-state index is 11.7. The van der Waals surface area contributed by atoms with Crippen molar-refractivity contribution in [3.8, 4) is 17.3 Å². The molecule has 5 heteroatoms. The van der Waals surface area contributed by atoms with Gasteiger partial charge in [-0.15, -0.1) is 0 Å². The molecule has 16 heavy (non-hydrogen) atoms. The molecule has 2 aromatic rings. The smallest absolute Gasteiger partial charge is 0.526 e. The molecule has 5 nitrogen and oxygen atoms in total. The Kier molecular flexibility index (Phi) is 2.68. The zero-order valence-corrected chi connectivity index (χ0v) is 9.04. The van der Waals surface area contributed by atoms with E-state index in [1.54, 1.807) is 6.92 Å². The lowest BCUT2D eigenvalue weighted by Crippen LogP contribution is -2.34. The van der Waals surface area contributed by atoms with E-state index in [4.69, 9.17) is 4.74 Å². The molecule has 82 valence electrons. The first-order chi connectivity index (χ1) is 7.74. The minimum absolute atomic E-state index is 0.0443. The van der Waals surface area contributed by atoms with E-state index in [1.165, 1.54) is 7.11 Å². The van der Waals surface area contributed by atoms with Crippen LogP contribution in [-0.4, -0.2) is 17.3 Å². The number of aromatic nitrogens is 3. The Morgan fingerprint density at radius 1 is 1.19 bits per heavy atom. The van der Waals surface area contributed by atoms with Gasteiger partial charge in [-0.25, -0.2) is 0 Å². The molecule has 0 aliphatic carbocycles. The summed E-state index contributed by atoms with van der Waals surface area (Å²) in [5.74, 6) is 0. The summed E-state index contributed by atoms with van der Waals surface area (Å²) < 4.78 is 5.43. The number of rotatable bonds is 2. The van der Waals surface area contributed by atoms with Crippen LogP contribution in [0.2, 0.25) is 0 Å². The van der Waals surface area contributed by atoms with Crippen molar-refractivity contribution in [2.24, 2.45) is 0 Å². The topological polar surface area (TPSA) is 62.0 Å². The summed E-state index contributed by atoms with van der Waals surface area (Å²) in [4.78, 5) is 0. The van der Waals surface area contributed by atoms with Crippen LogP contribution in [0.25, 0.3) is 11.3 Å². The van der Waals surface area contributed by atoms with Gasteiger partial charge in [-0.1, -0.05) is 30.3 Å². The fourth-order valence-electron chi connectivity index (χ4n) is 1.43. The Labute approximate surface area is 92.9 Å². The maximum absolute atomic E-state index is 11.7. The van der Waals surface area contributed by atoms with Crippen molar-refractivity contribution in [1.29, 1.82) is 0 Å². The van der Waals surface area contributed by atoms with Crippen LogP contribution in [0.3, 0.4) is 0 Å². The van der Waals surface area contributed by atoms with Crippen LogP contribution >= 0.6 is 0 Å². The molecule has 0 unspecified atom stereocenters. The fourth-order valence-corrected chi connectivity index (χ4v) is 1.43. The Bertz CT molecular complexity index is 500. The summed E-state index contributed by atoms with van der Waals surface area (Å²) in [5, 5.41) is 19.4. The van der Waals surface area contributed by atoms with Gasteiger partial charge in [0.15, 0.2) is 5.69 Å². The number of hydrogen-bond donors (Lipinski definition) is 0. The number of ether oxygens (including phenoxy) is 1. The summed E-state index contributed by atoms with van der Waals surface area (Å²) >= 11 is 0. The van der Waals surface area contributed by atoms with E-state index in [2.05, 4.69) is 10.2 Å². The predicted octanol–water partition coefficient (Wildman–Crippen LogP) is 1.09. The van der Waals surface area contributed by atoms with E-state index in [1.807, 2.05) is 30.3 Å². The molecule has 2 rings (SSSR count). The Morgan fingerprint density at radius 3 is 2.50 bits per heavy atom. The molecule has 0 aliphatic rings. The SMILES string of the molecule is COc1nnc(-c2ccccc2)c(C)[n+]1[O-]. The lowest BCUT2D eigenvalue weighted by Gasteiger charge is -2.09. The van der Waals surface area contributed by atoms with E-state index < -0.39 is 0 Å². The highest BCUT2D eigenvalue weighted by Crippen LogP contribution is 2.18. The third-order valence-electron chi connectivity index (χ3n) is 2.29. The van der Waals surface area contributed by atoms with Gasteiger partial charge in [-0.05, 0) is 5.10 Å². The quantitative estimate of drug-likeness (QED) is 0.558. The average Bonchev–Trinajstić information content (AvgIpc) is 2.34. The minimum atomic E-state index is -0.0443. The van der Waals surface area contributed by atoms with Gasteiger partial charge in [-0.2, -0.15) is 4.73 Å². The van der Waals surface area contributed by atoms with Crippen LogP contribution in [0, 0.1) is 12.1 Å². The lowest BCUT2D eigenvalue weighted by atomic mass is 10.1. The number of methoxy groups -OCH3 is 1. The maximum Gasteiger partial charge on any atom is 0.526 e. The zero-order valence-electron chi connectivity index (χ0n) is 9.04. The first-order valence-electron chi connectivity index (χ1n) is 4.80. The largest absolute Gasteiger partial charge is 0.708 e. The fraction of sp³-hybridized carbons (Fsp3) is 0.182. The van der Waals surface area contributed by atoms with Gasteiger partial charge < -0.3 is 9.94 Å². The van der Waals surface area contributed by atoms with Gasteiger partial charge in [0.05, 0.1) is 7.11 Å². The molecule has 0 saturated heterocycles. The van der Waals surface area contributed by atoms with Crippen molar-refractivity contribution in [2.75, 3.05) is 7.11 Å². The first kappa shape index (κ1) is 10.4. The van der Waals surface area contributed by atoms with Crippen molar-refractivity contribution >= 4 is 0 Å². The molecular weight excluding hydrogens is 206 g/mol. The summed E-state index contributed by atoms with van der Waals surface area (Å²) in [6.45, 7) is 1.69. The van der Waals surface area contributed by atoms with E-state index in [0.29, 0.717) is 16.1 Å². The Balaban J connectivity index is 2.56. The van der Waals surface area contributed by atoms with Crippen LogP contribution in [-0.2, 0) is 0 Å². The highest BCUT2D eigenvalue weighted by Gasteiger charge is 2.17. The molecule has 0 spiro atoms. The van der Waals surface area contributed by atoms with Gasteiger partial charge in [0.25, 0.3) is 0 Å². The second kappa shape index (κ2) is 4.14. The summed E-state index contributed by atoms with van der Waals surface area (Å²) in [5.41, 5.74) is 1.90. The summed E-state index contributed by atoms with van der Waals surface area (Å²) in [6, 6.07) is 9.39. The molecule has 0 atom stereocenters. The first-order valence-corrected chi connectivity index (χ1v) is 4.80. The summed E-state index contributed by atoms with van der Waals surface area (Å²) in [6.07, 6.45) is 0.